The van der Waals surface area contributed by atoms with Crippen LogP contribution in [0.25, 0.3) is 0 Å². The molecule has 0 aliphatic carbocycles. The second-order valence-corrected chi connectivity index (χ2v) is 6.28. The van der Waals surface area contributed by atoms with Crippen LogP contribution >= 0.6 is 12.2 Å². The number of nitrogens with zero attached hydrogens (tertiary/aromatic N) is 1. The predicted molar refractivity (Wildman–Crippen MR) is 111 cm³/mol. The zero-order valence-corrected chi connectivity index (χ0v) is 16.5. The fraction of sp³-hybridized carbons (Fsp3) is 0.211. The van der Waals surface area contributed by atoms with Crippen molar-refractivity contribution >= 4 is 34.8 Å². The van der Waals surface area contributed by atoms with Crippen molar-refractivity contribution in [1.82, 2.24) is 16.2 Å². The molecule has 29 heavy (non-hydrogen) atoms. The van der Waals surface area contributed by atoms with Gasteiger partial charge < -0.3 is 4.74 Å². The summed E-state index contributed by atoms with van der Waals surface area (Å²) in [4.78, 5) is 34.7. The number of hydrazine groups is 1. The molecule has 0 radical (unpaired) electrons. The van der Waals surface area contributed by atoms with Gasteiger partial charge in [0, 0.05) is 17.7 Å². The van der Waals surface area contributed by atoms with E-state index in [2.05, 4.69) is 16.2 Å². The first-order valence-corrected chi connectivity index (χ1v) is 9.21. The summed E-state index contributed by atoms with van der Waals surface area (Å²) in [6.45, 7) is 2.52. The number of hydrogen-bond donors (Lipinski definition) is 3. The molecule has 0 aromatic heterocycles. The van der Waals surface area contributed by atoms with E-state index in [-0.39, 0.29) is 16.4 Å². The van der Waals surface area contributed by atoms with Crippen molar-refractivity contribution in [3.8, 4) is 5.75 Å². The van der Waals surface area contributed by atoms with E-state index in [9.17, 15) is 19.7 Å². The number of amides is 2. The molecule has 10 heteroatoms. The van der Waals surface area contributed by atoms with Crippen molar-refractivity contribution in [3.05, 3.63) is 69.8 Å². The second-order valence-electron chi connectivity index (χ2n) is 5.87. The lowest BCUT2D eigenvalue weighted by atomic mass is 10.2. The van der Waals surface area contributed by atoms with Crippen LogP contribution in [0.2, 0.25) is 0 Å². The summed E-state index contributed by atoms with van der Waals surface area (Å²) in [6.07, 6.45) is 1.83. The van der Waals surface area contributed by atoms with Crippen LogP contribution in [0.4, 0.5) is 5.69 Å². The van der Waals surface area contributed by atoms with Gasteiger partial charge in [-0.05, 0) is 36.8 Å². The van der Waals surface area contributed by atoms with E-state index in [1.807, 2.05) is 6.92 Å². The quantitative estimate of drug-likeness (QED) is 0.274. The Labute approximate surface area is 172 Å². The van der Waals surface area contributed by atoms with Crippen LogP contribution in [0.3, 0.4) is 0 Å². The molecule has 0 heterocycles. The van der Waals surface area contributed by atoms with Gasteiger partial charge in [-0.1, -0.05) is 31.5 Å². The van der Waals surface area contributed by atoms with Gasteiger partial charge in [0.1, 0.15) is 5.75 Å². The third-order valence-corrected chi connectivity index (χ3v) is 3.93. The number of ether oxygens (including phenoxy) is 1. The summed E-state index contributed by atoms with van der Waals surface area (Å²) in [5, 5.41) is 13.1. The molecule has 2 rings (SSSR count). The number of nitro benzene ring substituents is 1. The minimum Gasteiger partial charge on any atom is -0.493 e. The molecule has 9 nitrogen and oxygen atoms in total. The molecular weight excluding hydrogens is 396 g/mol. The Morgan fingerprint density at radius 1 is 1.10 bits per heavy atom. The van der Waals surface area contributed by atoms with Crippen molar-refractivity contribution < 1.29 is 19.2 Å². The summed E-state index contributed by atoms with van der Waals surface area (Å²) in [6, 6.07) is 11.9. The van der Waals surface area contributed by atoms with Crippen molar-refractivity contribution in [1.29, 1.82) is 0 Å². The molecule has 0 aliphatic rings. The highest BCUT2D eigenvalue weighted by molar-refractivity contribution is 7.80. The molecule has 2 amide bonds. The zero-order valence-electron chi connectivity index (χ0n) is 15.6. The third kappa shape index (κ3) is 6.54. The highest BCUT2D eigenvalue weighted by Gasteiger charge is 2.15. The van der Waals surface area contributed by atoms with Crippen molar-refractivity contribution in [2.45, 2.75) is 19.8 Å². The SMILES string of the molecule is CCCCOc1ccccc1C(=O)NC(=S)NNC(=O)c1cccc([N+](=O)[O-])c1. The Morgan fingerprint density at radius 2 is 1.86 bits per heavy atom. The third-order valence-electron chi connectivity index (χ3n) is 3.72. The first-order chi connectivity index (χ1) is 13.9. The lowest BCUT2D eigenvalue weighted by Crippen LogP contribution is -2.48. The van der Waals surface area contributed by atoms with E-state index >= 15 is 0 Å². The van der Waals surface area contributed by atoms with Crippen LogP contribution in [0.1, 0.15) is 40.5 Å². The van der Waals surface area contributed by atoms with Gasteiger partial charge in [0.25, 0.3) is 17.5 Å². The van der Waals surface area contributed by atoms with Crippen LogP contribution in [0, 0.1) is 10.1 Å². The highest BCUT2D eigenvalue weighted by atomic mass is 32.1. The van der Waals surface area contributed by atoms with Gasteiger partial charge in [-0.25, -0.2) is 0 Å². The number of para-hydroxylation sites is 1. The van der Waals surface area contributed by atoms with E-state index in [0.717, 1.165) is 18.9 Å². The van der Waals surface area contributed by atoms with E-state index in [1.54, 1.807) is 24.3 Å². The minimum absolute atomic E-state index is 0.0653. The fourth-order valence-corrected chi connectivity index (χ4v) is 2.40. The first kappa shape index (κ1) is 21.8. The molecule has 2 aromatic carbocycles. The smallest absolute Gasteiger partial charge is 0.270 e. The number of hydrogen-bond acceptors (Lipinski definition) is 6. The van der Waals surface area contributed by atoms with Gasteiger partial charge >= 0.3 is 0 Å². The van der Waals surface area contributed by atoms with Gasteiger partial charge in [0.15, 0.2) is 5.11 Å². The largest absolute Gasteiger partial charge is 0.493 e. The number of rotatable bonds is 7. The van der Waals surface area contributed by atoms with Crippen molar-refractivity contribution in [2.24, 2.45) is 0 Å². The fourth-order valence-electron chi connectivity index (χ4n) is 2.25. The number of carbonyl (C=O) groups is 2. The van der Waals surface area contributed by atoms with Crippen LogP contribution in [-0.2, 0) is 0 Å². The minimum atomic E-state index is -0.645. The lowest BCUT2D eigenvalue weighted by Gasteiger charge is -2.13. The number of nitrogens with one attached hydrogen (secondary N) is 3. The van der Waals surface area contributed by atoms with E-state index < -0.39 is 16.7 Å². The highest BCUT2D eigenvalue weighted by Crippen LogP contribution is 2.18. The molecule has 2 aromatic rings. The van der Waals surface area contributed by atoms with Crippen LogP contribution in [0.5, 0.6) is 5.75 Å². The molecule has 0 spiro atoms. The summed E-state index contributed by atoms with van der Waals surface area (Å²) in [5.74, 6) is -0.713. The monoisotopic (exact) mass is 416 g/mol. The Hall–Kier alpha value is -3.53. The molecule has 152 valence electrons. The Kier molecular flexibility index (Phi) is 8.04. The van der Waals surface area contributed by atoms with E-state index in [0.29, 0.717) is 17.9 Å². The first-order valence-electron chi connectivity index (χ1n) is 8.80. The average molecular weight is 416 g/mol. The standard InChI is InChI=1S/C19H20N4O5S/c1-2-3-11-28-16-10-5-4-9-15(16)18(25)20-19(29)22-21-17(24)13-7-6-8-14(12-13)23(26)27/h4-10,12H,2-3,11H2,1H3,(H,21,24)(H2,20,22,25,29). The van der Waals surface area contributed by atoms with Gasteiger partial charge in [0.2, 0.25) is 0 Å². The molecule has 0 atom stereocenters. The molecule has 0 saturated carbocycles. The van der Waals surface area contributed by atoms with E-state index in [4.69, 9.17) is 17.0 Å². The summed E-state index contributed by atoms with van der Waals surface area (Å²) >= 11 is 5.01. The van der Waals surface area contributed by atoms with Gasteiger partial charge in [0.05, 0.1) is 17.1 Å². The molecule has 0 aliphatic heterocycles. The maximum Gasteiger partial charge on any atom is 0.270 e. The number of benzene rings is 2. The molecule has 0 bridgehead atoms. The van der Waals surface area contributed by atoms with Crippen molar-refractivity contribution in [3.63, 3.8) is 0 Å². The summed E-state index contributed by atoms with van der Waals surface area (Å²) in [5.41, 5.74) is 4.82. The summed E-state index contributed by atoms with van der Waals surface area (Å²) in [7, 11) is 0. The number of non-ortho nitro benzene ring substituents is 1. The van der Waals surface area contributed by atoms with Gasteiger partial charge in [-0.2, -0.15) is 0 Å². The number of nitro groups is 1. The van der Waals surface area contributed by atoms with E-state index in [1.165, 1.54) is 18.2 Å². The average Bonchev–Trinajstić information content (AvgIpc) is 2.72. The van der Waals surface area contributed by atoms with Gasteiger partial charge in [-0.3, -0.25) is 35.9 Å². The molecule has 3 N–H and O–H groups in total. The lowest BCUT2D eigenvalue weighted by molar-refractivity contribution is -0.384. The Bertz CT molecular complexity index is 919. The molecule has 0 saturated heterocycles. The topological polar surface area (TPSA) is 123 Å². The van der Waals surface area contributed by atoms with Crippen LogP contribution in [0.15, 0.2) is 48.5 Å². The predicted octanol–water partition coefficient (Wildman–Crippen LogP) is 2.72. The zero-order chi connectivity index (χ0) is 21.2. The number of carbonyl (C=O) groups excluding carboxylic acids is 2. The number of unbranched alkanes of at least 4 members (excludes halogenated alkanes) is 1. The normalized spacial score (nSPS) is 9.97. The van der Waals surface area contributed by atoms with Crippen LogP contribution in [-0.4, -0.2) is 28.5 Å². The van der Waals surface area contributed by atoms with Gasteiger partial charge in [-0.15, -0.1) is 0 Å². The Balaban J connectivity index is 1.92. The molecule has 0 fully saturated rings. The molecular formula is C19H20N4O5S. The maximum absolute atomic E-state index is 12.4. The second kappa shape index (κ2) is 10.7. The maximum atomic E-state index is 12.4. The number of thiocarbonyl (C=S) groups is 1. The molecule has 0 unspecified atom stereocenters. The van der Waals surface area contributed by atoms with Crippen LogP contribution < -0.4 is 20.9 Å². The summed E-state index contributed by atoms with van der Waals surface area (Å²) < 4.78 is 5.62. The van der Waals surface area contributed by atoms with Crippen molar-refractivity contribution in [2.75, 3.05) is 6.61 Å². The Morgan fingerprint density at radius 3 is 2.59 bits per heavy atom.